The summed E-state index contributed by atoms with van der Waals surface area (Å²) in [6, 6.07) is 0. The molecule has 1 rings (SSSR count). The maximum Gasteiger partial charge on any atom is 0.302 e. The van der Waals surface area contributed by atoms with Crippen LogP contribution in [-0.2, 0) is 23.7 Å². The maximum absolute atomic E-state index is 10.4. The zero-order valence-corrected chi connectivity index (χ0v) is 22.0. The summed E-state index contributed by atoms with van der Waals surface area (Å²) in [5.74, 6) is 2.67. The van der Waals surface area contributed by atoms with Crippen LogP contribution in [0.3, 0.4) is 0 Å². The van der Waals surface area contributed by atoms with Gasteiger partial charge in [-0.15, -0.1) is 0 Å². The highest BCUT2D eigenvalue weighted by molar-refractivity contribution is 5.65. The molecule has 5 heteroatoms. The first-order valence-electron chi connectivity index (χ1n) is 13.3. The van der Waals surface area contributed by atoms with Crippen molar-refractivity contribution in [1.82, 2.24) is 0 Å². The van der Waals surface area contributed by atoms with Crippen LogP contribution in [0, 0.1) is 17.8 Å². The Morgan fingerprint density at radius 2 is 1.34 bits per heavy atom. The first kappa shape index (κ1) is 31.4. The van der Waals surface area contributed by atoms with Crippen molar-refractivity contribution < 1.29 is 23.7 Å². The third-order valence-corrected chi connectivity index (χ3v) is 5.99. The predicted molar refractivity (Wildman–Crippen MR) is 133 cm³/mol. The van der Waals surface area contributed by atoms with Crippen molar-refractivity contribution in [2.45, 2.75) is 105 Å². The highest BCUT2D eigenvalue weighted by atomic mass is 16.6. The minimum absolute atomic E-state index is 0.286. The first-order chi connectivity index (χ1) is 15.5. The van der Waals surface area contributed by atoms with Crippen LogP contribution in [0.1, 0.15) is 105 Å². The molecular weight excluding hydrogens is 404 g/mol. The molecule has 0 saturated heterocycles. The average molecular weight is 459 g/mol. The molecule has 0 amide bonds. The SMILES string of the molecule is CC(C)CCCC(C)CCCC1CCCCC1.CCOCCOCCOCCOC(C)=O. The van der Waals surface area contributed by atoms with E-state index in [0.29, 0.717) is 46.2 Å². The molecule has 0 aromatic heterocycles. The fourth-order valence-electron chi connectivity index (χ4n) is 4.08. The van der Waals surface area contributed by atoms with Gasteiger partial charge in [0, 0.05) is 13.5 Å². The normalized spacial score (nSPS) is 15.3. The van der Waals surface area contributed by atoms with Gasteiger partial charge in [0.25, 0.3) is 0 Å². The molecule has 0 N–H and O–H groups in total. The Kier molecular flexibility index (Phi) is 23.0. The number of carbonyl (C=O) groups excluding carboxylic acids is 1. The van der Waals surface area contributed by atoms with Gasteiger partial charge in [0.2, 0.25) is 0 Å². The van der Waals surface area contributed by atoms with Crippen LogP contribution >= 0.6 is 0 Å². The number of esters is 1. The van der Waals surface area contributed by atoms with E-state index in [1.807, 2.05) is 6.92 Å². The fraction of sp³-hybridized carbons (Fsp3) is 0.963. The Balaban J connectivity index is 0.000000607. The van der Waals surface area contributed by atoms with Crippen LogP contribution in [0.4, 0.5) is 0 Å². The van der Waals surface area contributed by atoms with E-state index in [0.717, 1.165) is 17.8 Å². The molecule has 192 valence electrons. The van der Waals surface area contributed by atoms with E-state index in [2.05, 4.69) is 25.5 Å². The summed E-state index contributed by atoms with van der Waals surface area (Å²) >= 11 is 0. The summed E-state index contributed by atoms with van der Waals surface area (Å²) < 4.78 is 20.1. The molecule has 0 aromatic carbocycles. The summed E-state index contributed by atoms with van der Waals surface area (Å²) in [4.78, 5) is 10.4. The van der Waals surface area contributed by atoms with Crippen LogP contribution in [0.15, 0.2) is 0 Å². The van der Waals surface area contributed by atoms with Crippen molar-refractivity contribution in [3.63, 3.8) is 0 Å². The number of ether oxygens (including phenoxy) is 4. The molecule has 1 fully saturated rings. The molecule has 1 atom stereocenters. The third-order valence-electron chi connectivity index (χ3n) is 5.99. The highest BCUT2D eigenvalue weighted by Crippen LogP contribution is 2.29. The summed E-state index contributed by atoms with van der Waals surface area (Å²) in [5, 5.41) is 0. The van der Waals surface area contributed by atoms with Crippen molar-refractivity contribution in [3.05, 3.63) is 0 Å². The minimum atomic E-state index is -0.286. The Bertz CT molecular complexity index is 394. The largest absolute Gasteiger partial charge is 0.463 e. The second-order valence-electron chi connectivity index (χ2n) is 9.63. The van der Waals surface area contributed by atoms with Crippen molar-refractivity contribution in [2.75, 3.05) is 46.2 Å². The Labute approximate surface area is 199 Å². The van der Waals surface area contributed by atoms with Gasteiger partial charge in [0.15, 0.2) is 0 Å². The van der Waals surface area contributed by atoms with E-state index in [4.69, 9.17) is 14.2 Å². The molecule has 1 saturated carbocycles. The number of carbonyl (C=O) groups is 1. The third kappa shape index (κ3) is 24.0. The number of rotatable bonds is 18. The molecule has 0 heterocycles. The quantitative estimate of drug-likeness (QED) is 0.167. The van der Waals surface area contributed by atoms with E-state index in [1.165, 1.54) is 77.6 Å². The van der Waals surface area contributed by atoms with Crippen LogP contribution in [-0.4, -0.2) is 52.2 Å². The molecule has 0 radical (unpaired) electrons. The molecule has 0 aromatic rings. The lowest BCUT2D eigenvalue weighted by molar-refractivity contribution is -0.142. The highest BCUT2D eigenvalue weighted by Gasteiger charge is 2.13. The first-order valence-corrected chi connectivity index (χ1v) is 13.3. The molecule has 1 aliphatic rings. The molecule has 0 spiro atoms. The summed E-state index contributed by atoms with van der Waals surface area (Å²) in [7, 11) is 0. The zero-order chi connectivity index (χ0) is 23.9. The maximum atomic E-state index is 10.4. The molecule has 32 heavy (non-hydrogen) atoms. The van der Waals surface area contributed by atoms with Gasteiger partial charge in [0.05, 0.1) is 33.0 Å². The second-order valence-corrected chi connectivity index (χ2v) is 9.63. The molecule has 0 bridgehead atoms. The minimum Gasteiger partial charge on any atom is -0.463 e. The number of hydrogen-bond donors (Lipinski definition) is 0. The zero-order valence-electron chi connectivity index (χ0n) is 22.0. The lowest BCUT2D eigenvalue weighted by atomic mass is 9.84. The molecule has 0 aliphatic heterocycles. The van der Waals surface area contributed by atoms with Gasteiger partial charge in [-0.25, -0.2) is 0 Å². The molecule has 1 aliphatic carbocycles. The van der Waals surface area contributed by atoms with Gasteiger partial charge in [-0.2, -0.15) is 0 Å². The average Bonchev–Trinajstić information content (AvgIpc) is 2.76. The monoisotopic (exact) mass is 458 g/mol. The van der Waals surface area contributed by atoms with E-state index in [-0.39, 0.29) is 5.97 Å². The van der Waals surface area contributed by atoms with Crippen molar-refractivity contribution in [3.8, 4) is 0 Å². The van der Waals surface area contributed by atoms with E-state index in [1.54, 1.807) is 0 Å². The van der Waals surface area contributed by atoms with Gasteiger partial charge in [-0.3, -0.25) is 4.79 Å². The Morgan fingerprint density at radius 3 is 1.91 bits per heavy atom. The van der Waals surface area contributed by atoms with Crippen molar-refractivity contribution >= 4 is 5.97 Å². The van der Waals surface area contributed by atoms with Gasteiger partial charge in [0.1, 0.15) is 6.61 Å². The smallest absolute Gasteiger partial charge is 0.302 e. The number of hydrogen-bond acceptors (Lipinski definition) is 5. The lowest BCUT2D eigenvalue weighted by Crippen LogP contribution is -2.12. The molecule has 5 nitrogen and oxygen atoms in total. The molecular formula is C27H54O5. The fourth-order valence-corrected chi connectivity index (χ4v) is 4.08. The summed E-state index contributed by atoms with van der Waals surface area (Å²) in [6.07, 6.45) is 16.4. The van der Waals surface area contributed by atoms with Crippen LogP contribution in [0.25, 0.3) is 0 Å². The van der Waals surface area contributed by atoms with Crippen molar-refractivity contribution in [2.24, 2.45) is 17.8 Å². The van der Waals surface area contributed by atoms with Gasteiger partial charge in [-0.1, -0.05) is 91.4 Å². The summed E-state index contributed by atoms with van der Waals surface area (Å²) in [5.41, 5.74) is 0. The van der Waals surface area contributed by atoms with Gasteiger partial charge in [-0.05, 0) is 24.7 Å². The molecule has 1 unspecified atom stereocenters. The van der Waals surface area contributed by atoms with E-state index < -0.39 is 0 Å². The van der Waals surface area contributed by atoms with E-state index >= 15 is 0 Å². The van der Waals surface area contributed by atoms with Gasteiger partial charge < -0.3 is 18.9 Å². The van der Waals surface area contributed by atoms with Crippen LogP contribution in [0.2, 0.25) is 0 Å². The van der Waals surface area contributed by atoms with E-state index in [9.17, 15) is 4.79 Å². The predicted octanol–water partition coefficient (Wildman–Crippen LogP) is 6.82. The summed E-state index contributed by atoms with van der Waals surface area (Å²) in [6.45, 7) is 14.1. The lowest BCUT2D eigenvalue weighted by Gasteiger charge is -2.22. The Hall–Kier alpha value is -0.650. The van der Waals surface area contributed by atoms with Crippen molar-refractivity contribution in [1.29, 1.82) is 0 Å². The standard InChI is InChI=1S/C17H34.C10H20O5/c1-15(2)9-7-10-16(3)11-8-14-17-12-5-4-6-13-17;1-3-12-4-5-13-6-7-14-8-9-15-10(2)11/h15-17H,4-14H2,1-3H3;3-9H2,1-2H3. The van der Waals surface area contributed by atoms with Crippen LogP contribution in [0.5, 0.6) is 0 Å². The second kappa shape index (κ2) is 23.5. The topological polar surface area (TPSA) is 54.0 Å². The van der Waals surface area contributed by atoms with Gasteiger partial charge >= 0.3 is 5.97 Å². The van der Waals surface area contributed by atoms with Crippen LogP contribution < -0.4 is 0 Å². The Morgan fingerprint density at radius 1 is 0.781 bits per heavy atom.